The van der Waals surface area contributed by atoms with Crippen molar-refractivity contribution >= 4 is 5.65 Å². The Morgan fingerprint density at radius 2 is 2.36 bits per heavy atom. The molecule has 5 heteroatoms. The first-order chi connectivity index (χ1) is 6.66. The molecule has 0 aliphatic carbocycles. The predicted molar refractivity (Wildman–Crippen MR) is 52.1 cm³/mol. The molecule has 0 saturated carbocycles. The molecule has 0 aliphatic heterocycles. The zero-order chi connectivity index (χ0) is 10.1. The molecule has 0 unspecified atom stereocenters. The summed E-state index contributed by atoms with van der Waals surface area (Å²) >= 11 is 0. The van der Waals surface area contributed by atoms with Crippen LogP contribution in [0.4, 0.5) is 0 Å². The molecule has 14 heavy (non-hydrogen) atoms. The predicted octanol–water partition coefficient (Wildman–Crippen LogP) is 0.616. The fourth-order valence-electron chi connectivity index (χ4n) is 1.36. The molecule has 0 fully saturated rings. The topological polar surface area (TPSA) is 63.1 Å². The molecule has 2 heterocycles. The lowest BCUT2D eigenvalue weighted by atomic mass is 10.1. The highest BCUT2D eigenvalue weighted by atomic mass is 16.1. The number of H-pyrrole nitrogens is 1. The third kappa shape index (κ3) is 1.53. The van der Waals surface area contributed by atoms with Crippen LogP contribution >= 0.6 is 0 Å². The van der Waals surface area contributed by atoms with E-state index in [-0.39, 0.29) is 5.69 Å². The second kappa shape index (κ2) is 3.25. The zero-order valence-corrected chi connectivity index (χ0v) is 8.19. The second-order valence-corrected chi connectivity index (χ2v) is 3.69. The third-order valence-corrected chi connectivity index (χ3v) is 1.92. The van der Waals surface area contributed by atoms with Crippen LogP contribution in [0.1, 0.15) is 19.7 Å². The Kier molecular flexibility index (Phi) is 2.07. The first kappa shape index (κ1) is 8.93. The molecule has 0 amide bonds. The largest absolute Gasteiger partial charge is 0.349 e. The molecule has 0 aliphatic rings. The van der Waals surface area contributed by atoms with Crippen LogP contribution in [0, 0.1) is 5.92 Å². The van der Waals surface area contributed by atoms with Crippen LogP contribution in [-0.2, 0) is 6.42 Å². The number of hydrogen-bond donors (Lipinski definition) is 1. The highest BCUT2D eigenvalue weighted by Crippen LogP contribution is 2.02. The molecule has 2 aromatic rings. The van der Waals surface area contributed by atoms with Gasteiger partial charge >= 0.3 is 5.69 Å². The Morgan fingerprint density at radius 3 is 3.07 bits per heavy atom. The molecule has 0 bridgehead atoms. The molecule has 5 nitrogen and oxygen atoms in total. The van der Waals surface area contributed by atoms with Gasteiger partial charge in [0.05, 0.1) is 6.20 Å². The van der Waals surface area contributed by atoms with E-state index < -0.39 is 0 Å². The normalized spacial score (nSPS) is 11.4. The Hall–Kier alpha value is -1.65. The Morgan fingerprint density at radius 1 is 1.57 bits per heavy atom. The SMILES string of the molecule is CC(C)Cc1nc2ccnn2c(=O)[nH]1. The van der Waals surface area contributed by atoms with Crippen LogP contribution in [-0.4, -0.2) is 19.6 Å². The van der Waals surface area contributed by atoms with E-state index in [1.165, 1.54) is 4.52 Å². The molecule has 0 atom stereocenters. The van der Waals surface area contributed by atoms with Crippen molar-refractivity contribution in [2.24, 2.45) is 5.92 Å². The number of fused-ring (bicyclic) bond motifs is 1. The minimum atomic E-state index is -0.226. The van der Waals surface area contributed by atoms with E-state index in [1.807, 2.05) is 0 Å². The van der Waals surface area contributed by atoms with Crippen molar-refractivity contribution in [3.63, 3.8) is 0 Å². The molecule has 0 spiro atoms. The molecular weight excluding hydrogens is 180 g/mol. The van der Waals surface area contributed by atoms with Gasteiger partial charge in [0.2, 0.25) is 0 Å². The number of aromatic amines is 1. The van der Waals surface area contributed by atoms with E-state index in [1.54, 1.807) is 12.3 Å². The second-order valence-electron chi connectivity index (χ2n) is 3.69. The van der Waals surface area contributed by atoms with Gasteiger partial charge in [0, 0.05) is 12.5 Å². The lowest BCUT2D eigenvalue weighted by molar-refractivity contribution is 0.613. The van der Waals surface area contributed by atoms with Crippen molar-refractivity contribution < 1.29 is 0 Å². The summed E-state index contributed by atoms with van der Waals surface area (Å²) < 4.78 is 1.25. The maximum Gasteiger partial charge on any atom is 0.349 e. The van der Waals surface area contributed by atoms with Gasteiger partial charge in [-0.25, -0.2) is 9.78 Å². The Labute approximate surface area is 80.8 Å². The molecule has 0 radical (unpaired) electrons. The standard InChI is InChI=1S/C9H12N4O/c1-6(2)5-7-11-8-3-4-10-13(8)9(14)12-7/h3-4,6H,5H2,1-2H3,(H,11,12,14). The van der Waals surface area contributed by atoms with Crippen molar-refractivity contribution in [2.45, 2.75) is 20.3 Å². The van der Waals surface area contributed by atoms with E-state index in [2.05, 4.69) is 28.9 Å². The quantitative estimate of drug-likeness (QED) is 0.758. The van der Waals surface area contributed by atoms with Gasteiger partial charge in [-0.3, -0.25) is 4.98 Å². The molecular formula is C9H12N4O. The first-order valence-corrected chi connectivity index (χ1v) is 4.60. The average Bonchev–Trinajstić information content (AvgIpc) is 2.50. The maximum absolute atomic E-state index is 11.4. The number of nitrogens with one attached hydrogen (secondary N) is 1. The van der Waals surface area contributed by atoms with Crippen LogP contribution < -0.4 is 5.69 Å². The fraction of sp³-hybridized carbons (Fsp3) is 0.444. The molecule has 74 valence electrons. The van der Waals surface area contributed by atoms with Crippen LogP contribution in [0.5, 0.6) is 0 Å². The monoisotopic (exact) mass is 192 g/mol. The molecule has 2 rings (SSSR count). The van der Waals surface area contributed by atoms with Gasteiger partial charge in [-0.05, 0) is 5.92 Å². The Balaban J connectivity index is 2.53. The average molecular weight is 192 g/mol. The third-order valence-electron chi connectivity index (χ3n) is 1.92. The summed E-state index contributed by atoms with van der Waals surface area (Å²) in [6.45, 7) is 4.17. The van der Waals surface area contributed by atoms with Crippen molar-refractivity contribution in [1.82, 2.24) is 19.6 Å². The summed E-state index contributed by atoms with van der Waals surface area (Å²) in [5.41, 5.74) is 0.375. The summed E-state index contributed by atoms with van der Waals surface area (Å²) in [6, 6.07) is 1.72. The number of rotatable bonds is 2. The first-order valence-electron chi connectivity index (χ1n) is 4.60. The van der Waals surface area contributed by atoms with Crippen LogP contribution in [0.3, 0.4) is 0 Å². The van der Waals surface area contributed by atoms with Crippen molar-refractivity contribution in [3.05, 3.63) is 28.6 Å². The van der Waals surface area contributed by atoms with Gasteiger partial charge in [-0.2, -0.15) is 9.61 Å². The highest BCUT2D eigenvalue weighted by Gasteiger charge is 2.04. The summed E-state index contributed by atoms with van der Waals surface area (Å²) in [4.78, 5) is 18.4. The van der Waals surface area contributed by atoms with Gasteiger partial charge in [-0.15, -0.1) is 0 Å². The Bertz CT molecular complexity index is 497. The maximum atomic E-state index is 11.4. The number of hydrogen-bond acceptors (Lipinski definition) is 3. The van der Waals surface area contributed by atoms with E-state index in [0.29, 0.717) is 11.6 Å². The molecule has 1 N–H and O–H groups in total. The van der Waals surface area contributed by atoms with E-state index in [4.69, 9.17) is 0 Å². The lowest BCUT2D eigenvalue weighted by Crippen LogP contribution is -2.21. The van der Waals surface area contributed by atoms with Crippen molar-refractivity contribution in [1.29, 1.82) is 0 Å². The van der Waals surface area contributed by atoms with Gasteiger partial charge in [0.25, 0.3) is 0 Å². The zero-order valence-electron chi connectivity index (χ0n) is 8.19. The van der Waals surface area contributed by atoms with Crippen molar-refractivity contribution in [2.75, 3.05) is 0 Å². The highest BCUT2D eigenvalue weighted by molar-refractivity contribution is 5.34. The van der Waals surface area contributed by atoms with Crippen LogP contribution in [0.25, 0.3) is 5.65 Å². The summed E-state index contributed by atoms with van der Waals surface area (Å²) in [7, 11) is 0. The van der Waals surface area contributed by atoms with E-state index >= 15 is 0 Å². The van der Waals surface area contributed by atoms with Crippen molar-refractivity contribution in [3.8, 4) is 0 Å². The minimum Gasteiger partial charge on any atom is -0.294 e. The van der Waals surface area contributed by atoms with Gasteiger partial charge in [-0.1, -0.05) is 13.8 Å². The molecule has 0 aromatic carbocycles. The summed E-state index contributed by atoms with van der Waals surface area (Å²) in [5, 5.41) is 3.85. The summed E-state index contributed by atoms with van der Waals surface area (Å²) in [5.74, 6) is 1.20. The van der Waals surface area contributed by atoms with E-state index in [0.717, 1.165) is 12.2 Å². The molecule has 0 saturated heterocycles. The number of nitrogens with zero attached hydrogens (tertiary/aromatic N) is 3. The van der Waals surface area contributed by atoms with Gasteiger partial charge < -0.3 is 0 Å². The smallest absolute Gasteiger partial charge is 0.294 e. The lowest BCUT2D eigenvalue weighted by Gasteiger charge is -2.03. The van der Waals surface area contributed by atoms with Crippen LogP contribution in [0.2, 0.25) is 0 Å². The summed E-state index contributed by atoms with van der Waals surface area (Å²) in [6.07, 6.45) is 2.34. The van der Waals surface area contributed by atoms with Crippen LogP contribution in [0.15, 0.2) is 17.1 Å². The van der Waals surface area contributed by atoms with E-state index in [9.17, 15) is 4.79 Å². The molecule has 2 aromatic heterocycles. The van der Waals surface area contributed by atoms with Gasteiger partial charge in [0.15, 0.2) is 5.65 Å². The number of aromatic nitrogens is 4. The van der Waals surface area contributed by atoms with Gasteiger partial charge in [0.1, 0.15) is 5.82 Å². The fourth-order valence-corrected chi connectivity index (χ4v) is 1.36. The minimum absolute atomic E-state index is 0.226.